The number of benzene rings is 1. The van der Waals surface area contributed by atoms with E-state index in [1.165, 1.54) is 0 Å². The van der Waals surface area contributed by atoms with Crippen LogP contribution in [0.2, 0.25) is 0 Å². The Morgan fingerprint density at radius 3 is 2.71 bits per heavy atom. The van der Waals surface area contributed by atoms with Crippen LogP contribution in [0.4, 0.5) is 5.82 Å². The van der Waals surface area contributed by atoms with Crippen LogP contribution in [0.3, 0.4) is 0 Å². The first-order valence-corrected chi connectivity index (χ1v) is 9.16. The third-order valence-electron chi connectivity index (χ3n) is 5.04. The first-order valence-electron chi connectivity index (χ1n) is 9.16. The van der Waals surface area contributed by atoms with Crippen molar-refractivity contribution in [2.24, 2.45) is 0 Å². The summed E-state index contributed by atoms with van der Waals surface area (Å²) in [6, 6.07) is 19.4. The van der Waals surface area contributed by atoms with Gasteiger partial charge in [-0.2, -0.15) is 0 Å². The number of hydrogen-bond donors (Lipinski definition) is 0. The van der Waals surface area contributed by atoms with E-state index in [9.17, 15) is 4.79 Å². The molecule has 0 radical (unpaired) electrons. The molecule has 1 aromatic carbocycles. The fourth-order valence-electron chi connectivity index (χ4n) is 3.59. The van der Waals surface area contributed by atoms with Crippen LogP contribution in [0.5, 0.6) is 5.75 Å². The van der Waals surface area contributed by atoms with Crippen LogP contribution in [0.15, 0.2) is 73.1 Å². The molecule has 0 unspecified atom stereocenters. The Bertz CT molecular complexity index is 1170. The number of aromatic nitrogens is 3. The molecular weight excluding hydrogens is 352 g/mol. The molecule has 6 heteroatoms. The number of amides is 1. The van der Waals surface area contributed by atoms with E-state index < -0.39 is 0 Å². The highest BCUT2D eigenvalue weighted by Gasteiger charge is 2.32. The summed E-state index contributed by atoms with van der Waals surface area (Å²) in [5.74, 6) is 1.04. The van der Waals surface area contributed by atoms with E-state index in [1.807, 2.05) is 78.2 Å². The van der Waals surface area contributed by atoms with Crippen molar-refractivity contribution in [1.82, 2.24) is 14.4 Å². The zero-order chi connectivity index (χ0) is 19.1. The normalized spacial score (nSPS) is 14.6. The van der Waals surface area contributed by atoms with Crippen molar-refractivity contribution in [3.8, 4) is 17.1 Å². The summed E-state index contributed by atoms with van der Waals surface area (Å²) in [4.78, 5) is 23.7. The molecule has 0 N–H and O–H groups in total. The van der Waals surface area contributed by atoms with Crippen molar-refractivity contribution in [3.05, 3.63) is 78.6 Å². The SMILES string of the molecule is C[C@H](c1ccccc1)N1C(=O)COc2ccc(-c3cnc4ccccn34)nc21. The van der Waals surface area contributed by atoms with Crippen molar-refractivity contribution in [3.63, 3.8) is 0 Å². The fraction of sp³-hybridized carbons (Fsp3) is 0.136. The van der Waals surface area contributed by atoms with E-state index in [4.69, 9.17) is 9.72 Å². The van der Waals surface area contributed by atoms with E-state index in [0.717, 1.165) is 22.6 Å². The molecule has 0 spiro atoms. The van der Waals surface area contributed by atoms with Gasteiger partial charge in [-0.1, -0.05) is 36.4 Å². The summed E-state index contributed by atoms with van der Waals surface area (Å²) < 4.78 is 7.61. The average Bonchev–Trinajstić information content (AvgIpc) is 3.18. The van der Waals surface area contributed by atoms with Gasteiger partial charge in [0.05, 0.1) is 23.6 Å². The molecule has 3 aromatic heterocycles. The molecule has 4 heterocycles. The molecule has 0 fully saturated rings. The molecule has 1 atom stereocenters. The number of fused-ring (bicyclic) bond motifs is 2. The molecule has 1 aliphatic rings. The zero-order valence-corrected chi connectivity index (χ0v) is 15.3. The fourth-order valence-corrected chi connectivity index (χ4v) is 3.59. The van der Waals surface area contributed by atoms with Gasteiger partial charge in [-0.3, -0.25) is 14.1 Å². The number of rotatable bonds is 3. The topological polar surface area (TPSA) is 59.7 Å². The lowest BCUT2D eigenvalue weighted by Crippen LogP contribution is -2.41. The lowest BCUT2D eigenvalue weighted by atomic mass is 10.1. The minimum Gasteiger partial charge on any atom is -0.480 e. The summed E-state index contributed by atoms with van der Waals surface area (Å²) in [5, 5.41) is 0. The molecule has 0 saturated heterocycles. The van der Waals surface area contributed by atoms with Gasteiger partial charge in [0.1, 0.15) is 5.65 Å². The number of anilines is 1. The van der Waals surface area contributed by atoms with E-state index in [2.05, 4.69) is 4.98 Å². The standard InChI is InChI=1S/C22H18N4O2/c1-15(16-7-3-2-4-8-16)26-21(27)14-28-19-11-10-17(24-22(19)26)18-13-23-20-9-5-6-12-25(18)20/h2-13,15H,14H2,1H3/t15-/m1/s1. The first kappa shape index (κ1) is 16.5. The van der Waals surface area contributed by atoms with Crippen LogP contribution in [0.25, 0.3) is 17.0 Å². The van der Waals surface area contributed by atoms with Crippen LogP contribution in [-0.4, -0.2) is 26.9 Å². The molecule has 0 aliphatic carbocycles. The molecule has 1 aliphatic heterocycles. The van der Waals surface area contributed by atoms with Crippen LogP contribution < -0.4 is 9.64 Å². The third-order valence-corrected chi connectivity index (χ3v) is 5.04. The zero-order valence-electron chi connectivity index (χ0n) is 15.3. The molecule has 28 heavy (non-hydrogen) atoms. The second-order valence-electron chi connectivity index (χ2n) is 6.73. The van der Waals surface area contributed by atoms with Crippen molar-refractivity contribution in [2.75, 3.05) is 11.5 Å². The predicted octanol–water partition coefficient (Wildman–Crippen LogP) is 3.88. The number of hydrogen-bond acceptors (Lipinski definition) is 4. The molecular formula is C22H18N4O2. The number of pyridine rings is 2. The molecule has 4 aromatic rings. The second-order valence-corrected chi connectivity index (χ2v) is 6.73. The molecule has 1 amide bonds. The van der Waals surface area contributed by atoms with Gasteiger partial charge < -0.3 is 4.74 Å². The van der Waals surface area contributed by atoms with Gasteiger partial charge in [0.2, 0.25) is 0 Å². The largest absolute Gasteiger partial charge is 0.480 e. The van der Waals surface area contributed by atoms with Crippen molar-refractivity contribution >= 4 is 17.4 Å². The van der Waals surface area contributed by atoms with E-state index in [1.54, 1.807) is 11.1 Å². The van der Waals surface area contributed by atoms with Crippen molar-refractivity contribution < 1.29 is 9.53 Å². The maximum Gasteiger partial charge on any atom is 0.266 e. The van der Waals surface area contributed by atoms with Gasteiger partial charge in [0, 0.05) is 6.20 Å². The summed E-state index contributed by atoms with van der Waals surface area (Å²) in [7, 11) is 0. The van der Waals surface area contributed by atoms with E-state index in [0.29, 0.717) is 11.6 Å². The monoisotopic (exact) mass is 370 g/mol. The van der Waals surface area contributed by atoms with Crippen molar-refractivity contribution in [1.29, 1.82) is 0 Å². The maximum atomic E-state index is 12.7. The average molecular weight is 370 g/mol. The molecule has 6 nitrogen and oxygen atoms in total. The Balaban J connectivity index is 1.62. The summed E-state index contributed by atoms with van der Waals surface area (Å²) in [5.41, 5.74) is 3.49. The van der Waals surface area contributed by atoms with E-state index >= 15 is 0 Å². The van der Waals surface area contributed by atoms with E-state index in [-0.39, 0.29) is 18.6 Å². The number of carbonyl (C=O) groups is 1. The van der Waals surface area contributed by atoms with Gasteiger partial charge in [-0.25, -0.2) is 9.97 Å². The maximum absolute atomic E-state index is 12.7. The number of ether oxygens (including phenoxy) is 1. The highest BCUT2D eigenvalue weighted by molar-refractivity contribution is 5.97. The lowest BCUT2D eigenvalue weighted by molar-refractivity contribution is -0.121. The van der Waals surface area contributed by atoms with Crippen LogP contribution in [0.1, 0.15) is 18.5 Å². The number of carbonyl (C=O) groups excluding carboxylic acids is 1. The molecule has 5 rings (SSSR count). The Hall–Kier alpha value is -3.67. The smallest absolute Gasteiger partial charge is 0.266 e. The van der Waals surface area contributed by atoms with Gasteiger partial charge in [0.15, 0.2) is 18.2 Å². The van der Waals surface area contributed by atoms with Crippen LogP contribution >= 0.6 is 0 Å². The summed E-state index contributed by atoms with van der Waals surface area (Å²) in [6.07, 6.45) is 3.74. The van der Waals surface area contributed by atoms with Gasteiger partial charge in [-0.15, -0.1) is 0 Å². The minimum atomic E-state index is -0.152. The highest BCUT2D eigenvalue weighted by Crippen LogP contribution is 2.37. The quantitative estimate of drug-likeness (QED) is 0.549. The Kier molecular flexibility index (Phi) is 3.83. The van der Waals surface area contributed by atoms with Crippen molar-refractivity contribution in [2.45, 2.75) is 13.0 Å². The predicted molar refractivity (Wildman–Crippen MR) is 106 cm³/mol. The minimum absolute atomic E-state index is 0.0147. The van der Waals surface area contributed by atoms with Crippen LogP contribution in [-0.2, 0) is 4.79 Å². The van der Waals surface area contributed by atoms with Gasteiger partial charge >= 0.3 is 0 Å². The molecule has 0 saturated carbocycles. The third kappa shape index (κ3) is 2.62. The Morgan fingerprint density at radius 2 is 1.86 bits per heavy atom. The van der Waals surface area contributed by atoms with Gasteiger partial charge in [-0.05, 0) is 36.8 Å². The van der Waals surface area contributed by atoms with Crippen LogP contribution in [0, 0.1) is 0 Å². The Morgan fingerprint density at radius 1 is 1.04 bits per heavy atom. The van der Waals surface area contributed by atoms with Gasteiger partial charge in [0.25, 0.3) is 5.91 Å². The molecule has 0 bridgehead atoms. The second kappa shape index (κ2) is 6.49. The highest BCUT2D eigenvalue weighted by atomic mass is 16.5. The Labute approximate surface area is 162 Å². The number of nitrogens with zero attached hydrogens (tertiary/aromatic N) is 4. The first-order chi connectivity index (χ1) is 13.7. The number of imidazole rings is 1. The summed E-state index contributed by atoms with van der Waals surface area (Å²) in [6.45, 7) is 2.02. The summed E-state index contributed by atoms with van der Waals surface area (Å²) >= 11 is 0. The molecule has 138 valence electrons. The lowest BCUT2D eigenvalue weighted by Gasteiger charge is -2.33.